The SMILES string of the molecule is Cc1cccn2cc(CN3CCCC3Cn3cncn3)nc12. The molecule has 1 unspecified atom stereocenters. The van der Waals surface area contributed by atoms with Crippen LogP contribution in [0, 0.1) is 6.92 Å². The Morgan fingerprint density at radius 2 is 2.32 bits per heavy atom. The third-order valence-electron chi connectivity index (χ3n) is 4.46. The van der Waals surface area contributed by atoms with Crippen molar-refractivity contribution in [1.29, 1.82) is 0 Å². The highest BCUT2D eigenvalue weighted by atomic mass is 15.3. The minimum Gasteiger partial charge on any atom is -0.307 e. The van der Waals surface area contributed by atoms with Gasteiger partial charge in [0.05, 0.1) is 12.2 Å². The third-order valence-corrected chi connectivity index (χ3v) is 4.46. The van der Waals surface area contributed by atoms with E-state index >= 15 is 0 Å². The van der Waals surface area contributed by atoms with E-state index < -0.39 is 0 Å². The number of aromatic nitrogens is 5. The van der Waals surface area contributed by atoms with Gasteiger partial charge >= 0.3 is 0 Å². The van der Waals surface area contributed by atoms with Crippen LogP contribution in [0.2, 0.25) is 0 Å². The second kappa shape index (κ2) is 5.53. The lowest BCUT2D eigenvalue weighted by atomic mass is 10.2. The first-order valence-corrected chi connectivity index (χ1v) is 7.79. The number of likely N-dealkylation sites (tertiary alicyclic amines) is 1. The molecule has 3 aromatic rings. The van der Waals surface area contributed by atoms with Crippen molar-refractivity contribution in [2.45, 2.75) is 38.9 Å². The number of fused-ring (bicyclic) bond motifs is 1. The van der Waals surface area contributed by atoms with E-state index in [1.54, 1.807) is 12.7 Å². The van der Waals surface area contributed by atoms with Crippen molar-refractivity contribution in [1.82, 2.24) is 29.0 Å². The average Bonchev–Trinajstić information content (AvgIpc) is 3.22. The summed E-state index contributed by atoms with van der Waals surface area (Å²) in [6, 6.07) is 4.69. The molecule has 1 atom stereocenters. The van der Waals surface area contributed by atoms with E-state index in [4.69, 9.17) is 4.98 Å². The van der Waals surface area contributed by atoms with E-state index in [0.29, 0.717) is 6.04 Å². The van der Waals surface area contributed by atoms with Gasteiger partial charge in [0, 0.05) is 25.0 Å². The number of nitrogens with zero attached hydrogens (tertiary/aromatic N) is 6. The molecule has 22 heavy (non-hydrogen) atoms. The third kappa shape index (κ3) is 2.50. The maximum Gasteiger partial charge on any atom is 0.139 e. The molecule has 114 valence electrons. The summed E-state index contributed by atoms with van der Waals surface area (Å²) >= 11 is 0. The van der Waals surface area contributed by atoms with Crippen LogP contribution < -0.4 is 0 Å². The molecule has 1 fully saturated rings. The van der Waals surface area contributed by atoms with Gasteiger partial charge in [0.15, 0.2) is 0 Å². The summed E-state index contributed by atoms with van der Waals surface area (Å²) in [5.41, 5.74) is 3.42. The minimum absolute atomic E-state index is 0.521. The van der Waals surface area contributed by atoms with Crippen molar-refractivity contribution >= 4 is 5.65 Å². The highest BCUT2D eigenvalue weighted by molar-refractivity contribution is 5.47. The van der Waals surface area contributed by atoms with Crippen molar-refractivity contribution in [3.05, 3.63) is 48.4 Å². The molecule has 0 amide bonds. The van der Waals surface area contributed by atoms with Crippen molar-refractivity contribution in [2.75, 3.05) is 6.54 Å². The monoisotopic (exact) mass is 296 g/mol. The highest BCUT2D eigenvalue weighted by Gasteiger charge is 2.25. The maximum absolute atomic E-state index is 4.79. The molecule has 0 aliphatic carbocycles. The molecule has 0 radical (unpaired) electrons. The Bertz CT molecular complexity index is 760. The molecule has 1 aliphatic heterocycles. The molecular formula is C16H20N6. The van der Waals surface area contributed by atoms with Gasteiger partial charge in [-0.3, -0.25) is 9.58 Å². The Balaban J connectivity index is 1.52. The predicted octanol–water partition coefficient (Wildman–Crippen LogP) is 1.90. The highest BCUT2D eigenvalue weighted by Crippen LogP contribution is 2.21. The average molecular weight is 296 g/mol. The van der Waals surface area contributed by atoms with Crippen LogP contribution in [0.4, 0.5) is 0 Å². The van der Waals surface area contributed by atoms with Crippen LogP contribution in [0.5, 0.6) is 0 Å². The van der Waals surface area contributed by atoms with Gasteiger partial charge in [0.25, 0.3) is 0 Å². The first-order valence-electron chi connectivity index (χ1n) is 7.79. The number of hydrogen-bond acceptors (Lipinski definition) is 4. The van der Waals surface area contributed by atoms with Gasteiger partial charge in [-0.15, -0.1) is 0 Å². The molecule has 0 bridgehead atoms. The number of pyridine rings is 1. The van der Waals surface area contributed by atoms with E-state index in [1.165, 1.54) is 18.4 Å². The Kier molecular flexibility index (Phi) is 3.38. The topological polar surface area (TPSA) is 51.2 Å². The summed E-state index contributed by atoms with van der Waals surface area (Å²) < 4.78 is 4.05. The maximum atomic E-state index is 4.79. The molecule has 1 aliphatic rings. The second-order valence-corrected chi connectivity index (χ2v) is 6.04. The number of imidazole rings is 1. The van der Waals surface area contributed by atoms with Gasteiger partial charge in [-0.2, -0.15) is 5.10 Å². The van der Waals surface area contributed by atoms with Crippen molar-refractivity contribution < 1.29 is 0 Å². The van der Waals surface area contributed by atoms with Gasteiger partial charge in [0.2, 0.25) is 0 Å². The lowest BCUT2D eigenvalue weighted by Gasteiger charge is -2.23. The van der Waals surface area contributed by atoms with E-state index in [-0.39, 0.29) is 0 Å². The molecule has 0 aromatic carbocycles. The summed E-state index contributed by atoms with van der Waals surface area (Å²) in [4.78, 5) is 11.3. The fourth-order valence-electron chi connectivity index (χ4n) is 3.34. The molecule has 6 heteroatoms. The van der Waals surface area contributed by atoms with Gasteiger partial charge in [0.1, 0.15) is 18.3 Å². The van der Waals surface area contributed by atoms with E-state index in [9.17, 15) is 0 Å². The molecular weight excluding hydrogens is 276 g/mol. The summed E-state index contributed by atoms with van der Waals surface area (Å²) in [7, 11) is 0. The van der Waals surface area contributed by atoms with Crippen LogP contribution >= 0.6 is 0 Å². The number of hydrogen-bond donors (Lipinski definition) is 0. The zero-order valence-corrected chi connectivity index (χ0v) is 12.8. The number of aryl methyl sites for hydroxylation is 1. The minimum atomic E-state index is 0.521. The molecule has 0 spiro atoms. The van der Waals surface area contributed by atoms with Crippen LogP contribution in [-0.2, 0) is 13.1 Å². The molecule has 4 rings (SSSR count). The standard InChI is InChI=1S/C16H20N6/c1-13-4-2-7-21-9-14(19-16(13)21)8-20-6-3-5-15(20)10-22-12-17-11-18-22/h2,4,7,9,11-12,15H,3,5-6,8,10H2,1H3. The molecule has 0 N–H and O–H groups in total. The fraction of sp³-hybridized carbons (Fsp3) is 0.438. The number of rotatable bonds is 4. The summed E-state index contributed by atoms with van der Waals surface area (Å²) in [6.45, 7) is 5.05. The largest absolute Gasteiger partial charge is 0.307 e. The lowest BCUT2D eigenvalue weighted by molar-refractivity contribution is 0.217. The molecule has 0 saturated carbocycles. The van der Waals surface area contributed by atoms with E-state index in [1.807, 2.05) is 4.68 Å². The molecule has 6 nitrogen and oxygen atoms in total. The lowest BCUT2D eigenvalue weighted by Crippen LogP contribution is -2.32. The van der Waals surface area contributed by atoms with Gasteiger partial charge in [-0.05, 0) is 37.9 Å². The zero-order chi connectivity index (χ0) is 14.9. The molecule has 3 aromatic heterocycles. The van der Waals surface area contributed by atoms with E-state index in [0.717, 1.165) is 31.0 Å². The fourth-order valence-corrected chi connectivity index (χ4v) is 3.34. The van der Waals surface area contributed by atoms with Crippen molar-refractivity contribution in [3.8, 4) is 0 Å². The van der Waals surface area contributed by atoms with E-state index in [2.05, 4.69) is 50.8 Å². The van der Waals surface area contributed by atoms with Crippen LogP contribution in [0.25, 0.3) is 5.65 Å². The van der Waals surface area contributed by atoms with Crippen molar-refractivity contribution in [2.24, 2.45) is 0 Å². The smallest absolute Gasteiger partial charge is 0.139 e. The van der Waals surface area contributed by atoms with Crippen molar-refractivity contribution in [3.63, 3.8) is 0 Å². The Morgan fingerprint density at radius 3 is 3.14 bits per heavy atom. The summed E-state index contributed by atoms with van der Waals surface area (Å²) in [6.07, 6.45) is 10.1. The Labute approximate surface area is 129 Å². The Hall–Kier alpha value is -2.21. The first kappa shape index (κ1) is 13.5. The van der Waals surface area contributed by atoms with Gasteiger partial charge < -0.3 is 4.40 Å². The van der Waals surface area contributed by atoms with Crippen LogP contribution in [-0.4, -0.2) is 41.6 Å². The van der Waals surface area contributed by atoms with Crippen LogP contribution in [0.3, 0.4) is 0 Å². The normalized spacial score (nSPS) is 19.2. The molecule has 1 saturated heterocycles. The quantitative estimate of drug-likeness (QED) is 0.738. The van der Waals surface area contributed by atoms with Gasteiger partial charge in [-0.25, -0.2) is 9.97 Å². The van der Waals surface area contributed by atoms with Crippen LogP contribution in [0.15, 0.2) is 37.2 Å². The second-order valence-electron chi connectivity index (χ2n) is 6.04. The first-order chi connectivity index (χ1) is 10.8. The van der Waals surface area contributed by atoms with Gasteiger partial charge in [-0.1, -0.05) is 6.07 Å². The van der Waals surface area contributed by atoms with Crippen LogP contribution in [0.1, 0.15) is 24.1 Å². The Morgan fingerprint density at radius 1 is 1.36 bits per heavy atom. The summed E-state index contributed by atoms with van der Waals surface area (Å²) in [5, 5.41) is 4.23. The molecule has 4 heterocycles. The predicted molar refractivity (Wildman–Crippen MR) is 83.4 cm³/mol. The zero-order valence-electron chi connectivity index (χ0n) is 12.8. The summed E-state index contributed by atoms with van der Waals surface area (Å²) in [5.74, 6) is 0.